The maximum absolute atomic E-state index is 12.0. The SMILES string of the molecule is Cc1cc(-c2nnco2)ccc1NC(=O)c1nnc(Cl)s1. The number of nitrogens with zero attached hydrogens (tertiary/aromatic N) is 4. The fraction of sp³-hybridized carbons (Fsp3) is 0.0833. The Morgan fingerprint density at radius 2 is 2.19 bits per heavy atom. The molecule has 21 heavy (non-hydrogen) atoms. The van der Waals surface area contributed by atoms with E-state index in [1.54, 1.807) is 12.1 Å². The smallest absolute Gasteiger partial charge is 0.286 e. The molecule has 106 valence electrons. The van der Waals surface area contributed by atoms with Crippen molar-refractivity contribution in [2.75, 3.05) is 5.32 Å². The number of hydrogen-bond acceptors (Lipinski definition) is 7. The maximum atomic E-state index is 12.0. The lowest BCUT2D eigenvalue weighted by Gasteiger charge is -2.07. The molecule has 3 rings (SSSR count). The first-order valence-corrected chi connectivity index (χ1v) is 7.00. The number of rotatable bonds is 3. The molecule has 0 atom stereocenters. The summed E-state index contributed by atoms with van der Waals surface area (Å²) in [7, 11) is 0. The highest BCUT2D eigenvalue weighted by molar-refractivity contribution is 7.17. The largest absolute Gasteiger partial charge is 0.423 e. The summed E-state index contributed by atoms with van der Waals surface area (Å²) in [6, 6.07) is 5.38. The number of aromatic nitrogens is 4. The number of hydrogen-bond donors (Lipinski definition) is 1. The number of amides is 1. The first kappa shape index (κ1) is 13.7. The minimum Gasteiger partial charge on any atom is -0.423 e. The highest BCUT2D eigenvalue weighted by atomic mass is 35.5. The second-order valence-corrected chi connectivity index (χ2v) is 5.65. The van der Waals surface area contributed by atoms with E-state index in [4.69, 9.17) is 16.0 Å². The van der Waals surface area contributed by atoms with E-state index in [9.17, 15) is 4.79 Å². The predicted molar refractivity (Wildman–Crippen MR) is 77.3 cm³/mol. The Kier molecular flexibility index (Phi) is 3.63. The van der Waals surface area contributed by atoms with Crippen molar-refractivity contribution in [1.29, 1.82) is 0 Å². The molecule has 0 spiro atoms. The summed E-state index contributed by atoms with van der Waals surface area (Å²) in [6.07, 6.45) is 1.26. The van der Waals surface area contributed by atoms with Gasteiger partial charge in [0.1, 0.15) is 0 Å². The molecule has 1 N–H and O–H groups in total. The Balaban J connectivity index is 1.82. The van der Waals surface area contributed by atoms with Gasteiger partial charge in [0.05, 0.1) is 0 Å². The van der Waals surface area contributed by atoms with Gasteiger partial charge in [-0.3, -0.25) is 4.79 Å². The van der Waals surface area contributed by atoms with Crippen LogP contribution in [0.2, 0.25) is 4.47 Å². The number of anilines is 1. The van der Waals surface area contributed by atoms with E-state index in [0.717, 1.165) is 22.5 Å². The van der Waals surface area contributed by atoms with E-state index in [1.165, 1.54) is 6.39 Å². The number of halogens is 1. The molecule has 0 fully saturated rings. The van der Waals surface area contributed by atoms with E-state index < -0.39 is 0 Å². The standard InChI is InChI=1S/C12H8ClN5O2S/c1-6-4-7(10-16-14-5-20-10)2-3-8(6)15-9(19)11-17-18-12(13)21-11/h2-5H,1H3,(H,15,19). The van der Waals surface area contributed by atoms with Crippen LogP contribution in [0.4, 0.5) is 5.69 Å². The zero-order chi connectivity index (χ0) is 14.8. The highest BCUT2D eigenvalue weighted by Crippen LogP contribution is 2.24. The Morgan fingerprint density at radius 3 is 2.81 bits per heavy atom. The highest BCUT2D eigenvalue weighted by Gasteiger charge is 2.14. The Hall–Kier alpha value is -2.32. The number of aryl methyl sites for hydroxylation is 1. The van der Waals surface area contributed by atoms with Crippen LogP contribution in [-0.4, -0.2) is 26.3 Å². The fourth-order valence-corrected chi connectivity index (χ4v) is 2.43. The van der Waals surface area contributed by atoms with Gasteiger partial charge >= 0.3 is 0 Å². The zero-order valence-corrected chi connectivity index (χ0v) is 12.3. The average molecular weight is 322 g/mol. The molecule has 3 aromatic rings. The van der Waals surface area contributed by atoms with Crippen molar-refractivity contribution >= 4 is 34.5 Å². The van der Waals surface area contributed by atoms with Crippen LogP contribution < -0.4 is 5.32 Å². The van der Waals surface area contributed by atoms with Crippen LogP contribution in [0.3, 0.4) is 0 Å². The molecule has 0 radical (unpaired) electrons. The first-order chi connectivity index (χ1) is 10.1. The molecule has 1 aromatic carbocycles. The monoisotopic (exact) mass is 321 g/mol. The summed E-state index contributed by atoms with van der Waals surface area (Å²) in [6.45, 7) is 1.86. The van der Waals surface area contributed by atoms with E-state index in [-0.39, 0.29) is 15.4 Å². The second kappa shape index (κ2) is 5.58. The Morgan fingerprint density at radius 1 is 1.33 bits per heavy atom. The van der Waals surface area contributed by atoms with Crippen LogP contribution in [0.5, 0.6) is 0 Å². The lowest BCUT2D eigenvalue weighted by Crippen LogP contribution is -2.12. The Labute approximate surface area is 128 Å². The van der Waals surface area contributed by atoms with Gasteiger partial charge in [-0.2, -0.15) is 0 Å². The normalized spacial score (nSPS) is 10.6. The maximum Gasteiger partial charge on any atom is 0.286 e. The van der Waals surface area contributed by atoms with E-state index in [0.29, 0.717) is 11.6 Å². The van der Waals surface area contributed by atoms with Crippen molar-refractivity contribution in [3.8, 4) is 11.5 Å². The van der Waals surface area contributed by atoms with Gasteiger partial charge in [-0.05, 0) is 42.3 Å². The summed E-state index contributed by atoms with van der Waals surface area (Å²) in [4.78, 5) is 12.0. The molecule has 0 aliphatic heterocycles. The average Bonchev–Trinajstić information content (AvgIpc) is 3.12. The van der Waals surface area contributed by atoms with Crippen molar-refractivity contribution in [2.45, 2.75) is 6.92 Å². The molecular weight excluding hydrogens is 314 g/mol. The lowest BCUT2D eigenvalue weighted by atomic mass is 10.1. The van der Waals surface area contributed by atoms with Crippen molar-refractivity contribution in [2.24, 2.45) is 0 Å². The molecule has 2 heterocycles. The molecule has 2 aromatic heterocycles. The topological polar surface area (TPSA) is 93.8 Å². The second-order valence-electron chi connectivity index (χ2n) is 4.09. The molecule has 7 nitrogen and oxygen atoms in total. The lowest BCUT2D eigenvalue weighted by molar-refractivity contribution is 0.102. The predicted octanol–water partition coefficient (Wildman–Crippen LogP) is 2.80. The van der Waals surface area contributed by atoms with Gasteiger partial charge in [0.2, 0.25) is 21.8 Å². The summed E-state index contributed by atoms with van der Waals surface area (Å²) < 4.78 is 5.35. The molecular formula is C12H8ClN5O2S. The molecule has 0 aliphatic carbocycles. The van der Waals surface area contributed by atoms with Crippen LogP contribution in [0.1, 0.15) is 15.4 Å². The Bertz CT molecular complexity index is 787. The van der Waals surface area contributed by atoms with Gasteiger partial charge in [0.15, 0.2) is 0 Å². The molecule has 9 heteroatoms. The van der Waals surface area contributed by atoms with Crippen LogP contribution in [0, 0.1) is 6.92 Å². The molecule has 0 aliphatic rings. The van der Waals surface area contributed by atoms with E-state index in [2.05, 4.69) is 25.7 Å². The first-order valence-electron chi connectivity index (χ1n) is 5.81. The number of nitrogens with one attached hydrogen (secondary N) is 1. The molecule has 1 amide bonds. The minimum absolute atomic E-state index is 0.209. The van der Waals surface area contributed by atoms with Crippen molar-refractivity contribution in [3.63, 3.8) is 0 Å². The van der Waals surface area contributed by atoms with Gasteiger partial charge in [-0.15, -0.1) is 20.4 Å². The van der Waals surface area contributed by atoms with E-state index >= 15 is 0 Å². The number of carbonyl (C=O) groups excluding carboxylic acids is 1. The molecule has 0 unspecified atom stereocenters. The summed E-state index contributed by atoms with van der Waals surface area (Å²) >= 11 is 6.68. The third-order valence-electron chi connectivity index (χ3n) is 2.68. The fourth-order valence-electron chi connectivity index (χ4n) is 1.71. The van der Waals surface area contributed by atoms with Crippen LogP contribution in [0.15, 0.2) is 29.0 Å². The summed E-state index contributed by atoms with van der Waals surface area (Å²) in [5, 5.41) is 17.7. The van der Waals surface area contributed by atoms with Crippen molar-refractivity contribution in [3.05, 3.63) is 39.6 Å². The molecule has 0 saturated heterocycles. The zero-order valence-electron chi connectivity index (χ0n) is 10.7. The summed E-state index contributed by atoms with van der Waals surface area (Å²) in [5.74, 6) is 0.0694. The van der Waals surface area contributed by atoms with Gasteiger partial charge < -0.3 is 9.73 Å². The number of benzene rings is 1. The van der Waals surface area contributed by atoms with Crippen molar-refractivity contribution in [1.82, 2.24) is 20.4 Å². The van der Waals surface area contributed by atoms with Gasteiger partial charge in [0, 0.05) is 11.3 Å². The quantitative estimate of drug-likeness (QED) is 0.797. The van der Waals surface area contributed by atoms with Gasteiger partial charge in [-0.1, -0.05) is 11.3 Å². The summed E-state index contributed by atoms with van der Waals surface area (Å²) in [5.41, 5.74) is 2.30. The molecule has 0 saturated carbocycles. The van der Waals surface area contributed by atoms with Crippen molar-refractivity contribution < 1.29 is 9.21 Å². The minimum atomic E-state index is -0.354. The van der Waals surface area contributed by atoms with Gasteiger partial charge in [-0.25, -0.2) is 0 Å². The van der Waals surface area contributed by atoms with Crippen LogP contribution >= 0.6 is 22.9 Å². The van der Waals surface area contributed by atoms with E-state index in [1.807, 2.05) is 13.0 Å². The van der Waals surface area contributed by atoms with Crippen LogP contribution in [0.25, 0.3) is 11.5 Å². The molecule has 0 bridgehead atoms. The van der Waals surface area contributed by atoms with Gasteiger partial charge in [0.25, 0.3) is 5.91 Å². The number of carbonyl (C=O) groups is 1. The van der Waals surface area contributed by atoms with Crippen LogP contribution in [-0.2, 0) is 0 Å². The third-order valence-corrected chi connectivity index (χ3v) is 3.69. The third kappa shape index (κ3) is 2.91.